The molecular formula is C14H18Br2O2. The molecule has 100 valence electrons. The van der Waals surface area contributed by atoms with E-state index in [4.69, 9.17) is 9.47 Å². The van der Waals surface area contributed by atoms with Gasteiger partial charge in [0, 0.05) is 28.4 Å². The van der Waals surface area contributed by atoms with Crippen molar-refractivity contribution < 1.29 is 9.47 Å². The standard InChI is InChI=1S/C14H18Br2O2/c1-11-8-12(16)2-3-13(11)18-10-14(9-15)4-6-17-7-5-14/h2-3,8H,4-7,9-10H2,1H3. The molecule has 18 heavy (non-hydrogen) atoms. The molecule has 0 atom stereocenters. The Kier molecular flexibility index (Phi) is 5.10. The topological polar surface area (TPSA) is 18.5 Å². The molecule has 0 amide bonds. The van der Waals surface area contributed by atoms with E-state index >= 15 is 0 Å². The van der Waals surface area contributed by atoms with Crippen LogP contribution in [0.3, 0.4) is 0 Å². The number of rotatable bonds is 4. The van der Waals surface area contributed by atoms with Gasteiger partial charge in [-0.25, -0.2) is 0 Å². The predicted molar refractivity (Wildman–Crippen MR) is 80.7 cm³/mol. The van der Waals surface area contributed by atoms with Crippen LogP contribution in [0.5, 0.6) is 5.75 Å². The minimum absolute atomic E-state index is 0.220. The zero-order chi connectivity index (χ0) is 13.0. The van der Waals surface area contributed by atoms with Gasteiger partial charge in [-0.1, -0.05) is 31.9 Å². The smallest absolute Gasteiger partial charge is 0.122 e. The SMILES string of the molecule is Cc1cc(Br)ccc1OCC1(CBr)CCOCC1. The van der Waals surface area contributed by atoms with E-state index in [2.05, 4.69) is 44.8 Å². The third-order valence-corrected chi connectivity index (χ3v) is 5.19. The van der Waals surface area contributed by atoms with Crippen LogP contribution in [0.2, 0.25) is 0 Å². The molecule has 1 aromatic rings. The monoisotopic (exact) mass is 376 g/mol. The fourth-order valence-electron chi connectivity index (χ4n) is 2.13. The van der Waals surface area contributed by atoms with E-state index in [0.717, 1.165) is 48.2 Å². The summed E-state index contributed by atoms with van der Waals surface area (Å²) < 4.78 is 12.5. The Balaban J connectivity index is 2.01. The molecule has 0 saturated carbocycles. The first-order valence-electron chi connectivity index (χ1n) is 6.18. The average molecular weight is 378 g/mol. The maximum Gasteiger partial charge on any atom is 0.122 e. The number of benzene rings is 1. The summed E-state index contributed by atoms with van der Waals surface area (Å²) in [5, 5.41) is 0.971. The Labute approximate surface area is 125 Å². The molecule has 1 saturated heterocycles. The van der Waals surface area contributed by atoms with Crippen LogP contribution in [-0.2, 0) is 4.74 Å². The van der Waals surface area contributed by atoms with Crippen LogP contribution in [-0.4, -0.2) is 25.2 Å². The summed E-state index contributed by atoms with van der Waals surface area (Å²) in [6, 6.07) is 6.13. The Morgan fingerprint density at radius 2 is 2.06 bits per heavy atom. The summed E-state index contributed by atoms with van der Waals surface area (Å²) in [6.07, 6.45) is 2.13. The average Bonchev–Trinajstić information content (AvgIpc) is 2.39. The van der Waals surface area contributed by atoms with Crippen LogP contribution in [0.15, 0.2) is 22.7 Å². The van der Waals surface area contributed by atoms with Crippen molar-refractivity contribution in [3.05, 3.63) is 28.2 Å². The van der Waals surface area contributed by atoms with Crippen LogP contribution in [0.4, 0.5) is 0 Å². The maximum atomic E-state index is 6.02. The van der Waals surface area contributed by atoms with Crippen LogP contribution in [0.1, 0.15) is 18.4 Å². The lowest BCUT2D eigenvalue weighted by molar-refractivity contribution is 0.00343. The van der Waals surface area contributed by atoms with Crippen molar-refractivity contribution in [2.24, 2.45) is 5.41 Å². The van der Waals surface area contributed by atoms with Gasteiger partial charge in [-0.15, -0.1) is 0 Å². The van der Waals surface area contributed by atoms with Crippen molar-refractivity contribution in [1.29, 1.82) is 0 Å². The normalized spacial score (nSPS) is 18.6. The summed E-state index contributed by atoms with van der Waals surface area (Å²) >= 11 is 7.10. The molecule has 2 rings (SSSR count). The molecule has 1 fully saturated rings. The van der Waals surface area contributed by atoms with Gasteiger partial charge in [0.1, 0.15) is 5.75 Å². The van der Waals surface area contributed by atoms with E-state index in [1.807, 2.05) is 12.1 Å². The molecule has 2 nitrogen and oxygen atoms in total. The first kappa shape index (κ1) is 14.4. The molecule has 4 heteroatoms. The Hall–Kier alpha value is -0.0600. The predicted octanol–water partition coefficient (Wildman–Crippen LogP) is 4.33. The van der Waals surface area contributed by atoms with Crippen molar-refractivity contribution in [2.75, 3.05) is 25.2 Å². The van der Waals surface area contributed by atoms with Crippen molar-refractivity contribution in [1.82, 2.24) is 0 Å². The Morgan fingerprint density at radius 3 is 2.67 bits per heavy atom. The van der Waals surface area contributed by atoms with E-state index in [1.165, 1.54) is 5.56 Å². The van der Waals surface area contributed by atoms with Gasteiger partial charge in [-0.05, 0) is 43.5 Å². The lowest BCUT2D eigenvalue weighted by Gasteiger charge is -2.35. The summed E-state index contributed by atoms with van der Waals surface area (Å²) in [6.45, 7) is 4.51. The first-order chi connectivity index (χ1) is 8.65. The highest BCUT2D eigenvalue weighted by Gasteiger charge is 2.32. The summed E-state index contributed by atoms with van der Waals surface area (Å²) in [7, 11) is 0. The van der Waals surface area contributed by atoms with E-state index in [-0.39, 0.29) is 5.41 Å². The number of alkyl halides is 1. The number of halogens is 2. The molecule has 1 aliphatic rings. The molecule has 0 radical (unpaired) electrons. The summed E-state index contributed by atoms with van der Waals surface area (Å²) in [5.74, 6) is 0.977. The number of aryl methyl sites for hydroxylation is 1. The number of hydrogen-bond acceptors (Lipinski definition) is 2. The molecule has 1 aromatic carbocycles. The van der Waals surface area contributed by atoms with Gasteiger partial charge in [0.15, 0.2) is 0 Å². The third kappa shape index (κ3) is 3.49. The second-order valence-corrected chi connectivity index (χ2v) is 6.42. The molecule has 0 N–H and O–H groups in total. The van der Waals surface area contributed by atoms with Crippen LogP contribution >= 0.6 is 31.9 Å². The van der Waals surface area contributed by atoms with E-state index in [1.54, 1.807) is 0 Å². The minimum Gasteiger partial charge on any atom is -0.493 e. The number of ether oxygens (including phenoxy) is 2. The van der Waals surface area contributed by atoms with Gasteiger partial charge in [0.25, 0.3) is 0 Å². The fraction of sp³-hybridized carbons (Fsp3) is 0.571. The Morgan fingerprint density at radius 1 is 1.33 bits per heavy atom. The van der Waals surface area contributed by atoms with E-state index in [0.29, 0.717) is 0 Å². The molecule has 1 aliphatic heterocycles. The van der Waals surface area contributed by atoms with Crippen LogP contribution < -0.4 is 4.74 Å². The highest BCUT2D eigenvalue weighted by Crippen LogP contribution is 2.34. The second-order valence-electron chi connectivity index (χ2n) is 4.94. The van der Waals surface area contributed by atoms with Crippen molar-refractivity contribution >= 4 is 31.9 Å². The van der Waals surface area contributed by atoms with Gasteiger partial charge >= 0.3 is 0 Å². The van der Waals surface area contributed by atoms with E-state index in [9.17, 15) is 0 Å². The van der Waals surface area contributed by atoms with Gasteiger partial charge in [-0.2, -0.15) is 0 Å². The van der Waals surface area contributed by atoms with Gasteiger partial charge in [0.2, 0.25) is 0 Å². The molecule has 0 aromatic heterocycles. The highest BCUT2D eigenvalue weighted by atomic mass is 79.9. The van der Waals surface area contributed by atoms with Crippen molar-refractivity contribution in [3.63, 3.8) is 0 Å². The van der Waals surface area contributed by atoms with Gasteiger partial charge < -0.3 is 9.47 Å². The summed E-state index contributed by atoms with van der Waals surface area (Å²) in [5.41, 5.74) is 1.39. The van der Waals surface area contributed by atoms with Crippen molar-refractivity contribution in [3.8, 4) is 5.75 Å². The molecule has 0 unspecified atom stereocenters. The largest absolute Gasteiger partial charge is 0.493 e. The minimum atomic E-state index is 0.220. The van der Waals surface area contributed by atoms with Crippen LogP contribution in [0, 0.1) is 12.3 Å². The molecule has 1 heterocycles. The fourth-order valence-corrected chi connectivity index (χ4v) is 3.32. The lowest BCUT2D eigenvalue weighted by Crippen LogP contribution is -2.36. The van der Waals surface area contributed by atoms with E-state index < -0.39 is 0 Å². The van der Waals surface area contributed by atoms with Gasteiger partial charge in [-0.3, -0.25) is 0 Å². The highest BCUT2D eigenvalue weighted by molar-refractivity contribution is 9.10. The third-order valence-electron chi connectivity index (χ3n) is 3.51. The zero-order valence-corrected chi connectivity index (χ0v) is 13.7. The summed E-state index contributed by atoms with van der Waals surface area (Å²) in [4.78, 5) is 0. The lowest BCUT2D eigenvalue weighted by atomic mass is 9.83. The number of hydrogen-bond donors (Lipinski definition) is 0. The molecule has 0 bridgehead atoms. The zero-order valence-electron chi connectivity index (χ0n) is 10.5. The van der Waals surface area contributed by atoms with Gasteiger partial charge in [0.05, 0.1) is 6.61 Å². The second kappa shape index (κ2) is 6.40. The van der Waals surface area contributed by atoms with Crippen LogP contribution in [0.25, 0.3) is 0 Å². The molecule has 0 spiro atoms. The van der Waals surface area contributed by atoms with Crippen molar-refractivity contribution in [2.45, 2.75) is 19.8 Å². The molecule has 0 aliphatic carbocycles. The molecular weight excluding hydrogens is 360 g/mol. The maximum absolute atomic E-state index is 6.02. The Bertz CT molecular complexity index is 401. The first-order valence-corrected chi connectivity index (χ1v) is 8.09. The quantitative estimate of drug-likeness (QED) is 0.727.